The van der Waals surface area contributed by atoms with Crippen LogP contribution >= 0.6 is 11.6 Å². The molecule has 1 aromatic heterocycles. The van der Waals surface area contributed by atoms with E-state index < -0.39 is 17.8 Å². The van der Waals surface area contributed by atoms with Crippen LogP contribution in [0.3, 0.4) is 0 Å². The lowest BCUT2D eigenvalue weighted by atomic mass is 9.92. The molecule has 9 heteroatoms. The molecule has 1 aliphatic heterocycles. The Morgan fingerprint density at radius 3 is 2.20 bits per heavy atom. The maximum Gasteiger partial charge on any atom is 0.431 e. The van der Waals surface area contributed by atoms with Crippen molar-refractivity contribution in [3.05, 3.63) is 82.6 Å². The molecular weight excluding hydrogens is 549 g/mol. The van der Waals surface area contributed by atoms with Gasteiger partial charge in [0.15, 0.2) is 0 Å². The van der Waals surface area contributed by atoms with Gasteiger partial charge in [0.05, 0.1) is 0 Å². The predicted molar refractivity (Wildman–Crippen MR) is 159 cm³/mol. The molecule has 1 fully saturated rings. The quantitative estimate of drug-likeness (QED) is 0.242. The fraction of sp³-hybridized carbons (Fsp3) is 0.469. The highest BCUT2D eigenvalue weighted by Crippen LogP contribution is 2.38. The summed E-state index contributed by atoms with van der Waals surface area (Å²) < 4.78 is 44.4. The fourth-order valence-electron chi connectivity index (χ4n) is 5.87. The van der Waals surface area contributed by atoms with Crippen LogP contribution in [0.25, 0.3) is 11.1 Å². The number of likely N-dealkylation sites (tertiary alicyclic amines) is 1. The van der Waals surface area contributed by atoms with E-state index in [0.29, 0.717) is 22.7 Å². The number of rotatable bonds is 11. The van der Waals surface area contributed by atoms with Crippen LogP contribution in [-0.2, 0) is 12.7 Å². The highest BCUT2D eigenvalue weighted by molar-refractivity contribution is 6.30. The number of hydrogen-bond donors (Lipinski definition) is 0. The van der Waals surface area contributed by atoms with Gasteiger partial charge in [0.1, 0.15) is 11.4 Å². The summed E-state index contributed by atoms with van der Waals surface area (Å²) in [5.74, 6) is -0.450. The second kappa shape index (κ2) is 13.0. The summed E-state index contributed by atoms with van der Waals surface area (Å²) in [6.07, 6.45) is -2.14. The number of hydrogen-bond acceptors (Lipinski definition) is 3. The third-order valence-corrected chi connectivity index (χ3v) is 7.89. The molecule has 0 bridgehead atoms. The fourth-order valence-corrected chi connectivity index (χ4v) is 5.99. The van der Waals surface area contributed by atoms with E-state index in [-0.39, 0.29) is 23.2 Å². The summed E-state index contributed by atoms with van der Waals surface area (Å²) in [7, 11) is 3.76. The van der Waals surface area contributed by atoms with Gasteiger partial charge in [-0.3, -0.25) is 4.79 Å². The number of likely N-dealkylation sites (N-methyl/N-ethyl adjacent to an activating group) is 1. The van der Waals surface area contributed by atoms with Crippen LogP contribution in [0.1, 0.15) is 48.4 Å². The lowest BCUT2D eigenvalue weighted by molar-refractivity contribution is -0.143. The van der Waals surface area contributed by atoms with Crippen LogP contribution < -0.4 is 0 Å². The third-order valence-electron chi connectivity index (χ3n) is 7.64. The SMILES string of the molecule is CN(CCN1CCCC1)CC(C)(C)CN(C)C(=O)c1c(-c2ccc(Cl)cc2)cc(C(F)(F)F)n1Cc1ccccc1. The molecule has 1 aliphatic rings. The van der Waals surface area contributed by atoms with E-state index in [1.54, 1.807) is 60.5 Å². The first-order chi connectivity index (χ1) is 19.3. The van der Waals surface area contributed by atoms with E-state index in [0.717, 1.165) is 43.4 Å². The van der Waals surface area contributed by atoms with Crippen molar-refractivity contribution in [3.8, 4) is 11.1 Å². The van der Waals surface area contributed by atoms with Crippen molar-refractivity contribution in [1.82, 2.24) is 19.3 Å². The average Bonchev–Trinajstić information content (AvgIpc) is 3.56. The van der Waals surface area contributed by atoms with E-state index in [9.17, 15) is 18.0 Å². The highest BCUT2D eigenvalue weighted by atomic mass is 35.5. The van der Waals surface area contributed by atoms with Crippen LogP contribution in [0.2, 0.25) is 5.02 Å². The van der Waals surface area contributed by atoms with Crippen molar-refractivity contribution < 1.29 is 18.0 Å². The first-order valence-corrected chi connectivity index (χ1v) is 14.5. The van der Waals surface area contributed by atoms with Crippen molar-refractivity contribution in [3.63, 3.8) is 0 Å². The number of nitrogens with zero attached hydrogens (tertiary/aromatic N) is 4. The molecule has 0 unspecified atom stereocenters. The zero-order valence-corrected chi connectivity index (χ0v) is 25.1. The molecule has 1 amide bonds. The minimum atomic E-state index is -4.65. The number of aromatic nitrogens is 1. The molecule has 0 spiro atoms. The molecule has 4 rings (SSSR count). The van der Waals surface area contributed by atoms with Gasteiger partial charge in [0, 0.05) is 50.4 Å². The Labute approximate surface area is 246 Å². The minimum Gasteiger partial charge on any atom is -0.340 e. The summed E-state index contributed by atoms with van der Waals surface area (Å²) in [6, 6.07) is 16.5. The first kappa shape index (κ1) is 31.1. The van der Waals surface area contributed by atoms with Crippen LogP contribution in [0.5, 0.6) is 0 Å². The molecule has 0 radical (unpaired) electrons. The van der Waals surface area contributed by atoms with Crippen molar-refractivity contribution in [2.75, 3.05) is 53.4 Å². The molecular formula is C32H40ClF3N4O. The standard InChI is InChI=1S/C32H40ClF3N4O/c1-31(2,22-37(3)18-19-39-16-8-9-17-39)23-38(4)30(41)29-27(25-12-14-26(33)15-13-25)20-28(32(34,35)36)40(29)21-24-10-6-5-7-11-24/h5-7,10-15,20H,8-9,16-19,21-23H2,1-4H3. The van der Waals surface area contributed by atoms with Crippen molar-refractivity contribution in [1.29, 1.82) is 0 Å². The second-order valence-corrected chi connectivity index (χ2v) is 12.4. The molecule has 2 aromatic carbocycles. The Kier molecular flexibility index (Phi) is 9.88. The topological polar surface area (TPSA) is 31.7 Å². The van der Waals surface area contributed by atoms with E-state index >= 15 is 0 Å². The zero-order chi connectivity index (χ0) is 29.8. The number of carbonyl (C=O) groups is 1. The van der Waals surface area contributed by atoms with Gasteiger partial charge in [-0.1, -0.05) is 67.9 Å². The van der Waals surface area contributed by atoms with Gasteiger partial charge >= 0.3 is 6.18 Å². The van der Waals surface area contributed by atoms with Crippen LogP contribution in [0, 0.1) is 5.41 Å². The number of halogens is 4. The largest absolute Gasteiger partial charge is 0.431 e. The molecule has 0 atom stereocenters. The Morgan fingerprint density at radius 2 is 1.59 bits per heavy atom. The van der Waals surface area contributed by atoms with Gasteiger partial charge in [0.25, 0.3) is 5.91 Å². The Hall–Kier alpha value is -2.81. The van der Waals surface area contributed by atoms with E-state index in [4.69, 9.17) is 11.6 Å². The van der Waals surface area contributed by atoms with Gasteiger partial charge in [-0.2, -0.15) is 13.2 Å². The Balaban J connectivity index is 1.64. The first-order valence-electron chi connectivity index (χ1n) is 14.1. The normalized spacial score (nSPS) is 14.7. The van der Waals surface area contributed by atoms with Crippen LogP contribution in [0.4, 0.5) is 13.2 Å². The van der Waals surface area contributed by atoms with Gasteiger partial charge in [-0.05, 0) is 67.7 Å². The number of amides is 1. The number of carbonyl (C=O) groups excluding carboxylic acids is 1. The summed E-state index contributed by atoms with van der Waals surface area (Å²) in [6.45, 7) is 9.47. The van der Waals surface area contributed by atoms with Crippen molar-refractivity contribution >= 4 is 17.5 Å². The Bertz CT molecular complexity index is 1300. The third kappa shape index (κ3) is 8.15. The molecule has 222 valence electrons. The molecule has 3 aromatic rings. The van der Waals surface area contributed by atoms with E-state index in [1.165, 1.54) is 12.8 Å². The number of benzene rings is 2. The molecule has 5 nitrogen and oxygen atoms in total. The summed E-state index contributed by atoms with van der Waals surface area (Å²) in [5, 5.41) is 0.467. The summed E-state index contributed by atoms with van der Waals surface area (Å²) >= 11 is 6.07. The predicted octanol–water partition coefficient (Wildman–Crippen LogP) is 7.00. The molecule has 0 saturated carbocycles. The average molecular weight is 589 g/mol. The lowest BCUT2D eigenvalue weighted by Crippen LogP contribution is -2.44. The lowest BCUT2D eigenvalue weighted by Gasteiger charge is -2.35. The monoisotopic (exact) mass is 588 g/mol. The molecule has 0 N–H and O–H groups in total. The molecule has 41 heavy (non-hydrogen) atoms. The maximum absolute atomic E-state index is 14.4. The van der Waals surface area contributed by atoms with Crippen LogP contribution in [0.15, 0.2) is 60.7 Å². The van der Waals surface area contributed by atoms with Crippen LogP contribution in [-0.4, -0.2) is 78.5 Å². The van der Waals surface area contributed by atoms with E-state index in [2.05, 4.69) is 30.7 Å². The smallest absolute Gasteiger partial charge is 0.340 e. The van der Waals surface area contributed by atoms with Crippen molar-refractivity contribution in [2.24, 2.45) is 5.41 Å². The Morgan fingerprint density at radius 1 is 0.951 bits per heavy atom. The minimum absolute atomic E-state index is 0.0178. The molecule has 0 aliphatic carbocycles. The number of alkyl halides is 3. The highest BCUT2D eigenvalue weighted by Gasteiger charge is 2.39. The van der Waals surface area contributed by atoms with E-state index in [1.807, 2.05) is 6.07 Å². The van der Waals surface area contributed by atoms with Gasteiger partial charge in [-0.15, -0.1) is 0 Å². The second-order valence-electron chi connectivity index (χ2n) is 12.0. The van der Waals surface area contributed by atoms with Gasteiger partial charge < -0.3 is 19.3 Å². The zero-order valence-electron chi connectivity index (χ0n) is 24.3. The molecule has 2 heterocycles. The molecule has 1 saturated heterocycles. The summed E-state index contributed by atoms with van der Waals surface area (Å²) in [5.41, 5.74) is 0.293. The van der Waals surface area contributed by atoms with Crippen molar-refractivity contribution in [2.45, 2.75) is 39.4 Å². The van der Waals surface area contributed by atoms with Gasteiger partial charge in [-0.25, -0.2) is 0 Å². The van der Waals surface area contributed by atoms with Gasteiger partial charge in [0.2, 0.25) is 0 Å². The maximum atomic E-state index is 14.4. The summed E-state index contributed by atoms with van der Waals surface area (Å²) in [4.78, 5) is 20.4.